The first kappa shape index (κ1) is 13.1. The number of nitrogens with zero attached hydrogens (tertiary/aromatic N) is 2. The minimum atomic E-state index is -0.907. The lowest BCUT2D eigenvalue weighted by Crippen LogP contribution is -2.54. The highest BCUT2D eigenvalue weighted by molar-refractivity contribution is 5.83. The van der Waals surface area contributed by atoms with Crippen LogP contribution in [0.4, 0.5) is 4.79 Å². The van der Waals surface area contributed by atoms with Crippen LogP contribution in [0.5, 0.6) is 0 Å². The Bertz CT molecular complexity index is 337. The van der Waals surface area contributed by atoms with Crippen LogP contribution in [0.3, 0.4) is 0 Å². The maximum Gasteiger partial charge on any atom is 0.326 e. The van der Waals surface area contributed by atoms with Crippen LogP contribution in [0, 0.1) is 0 Å². The zero-order valence-electron chi connectivity index (χ0n) is 10.8. The molecule has 2 fully saturated rings. The molecule has 0 saturated carbocycles. The van der Waals surface area contributed by atoms with Crippen molar-refractivity contribution in [3.05, 3.63) is 0 Å². The molecule has 1 N–H and O–H groups in total. The molecule has 0 aromatic rings. The maximum absolute atomic E-state index is 12.3. The average molecular weight is 256 g/mol. The molecule has 2 rings (SSSR count). The topological polar surface area (TPSA) is 70.1 Å². The fourth-order valence-electron chi connectivity index (χ4n) is 2.77. The number of carboxylic acid groups (broad SMARTS) is 1. The highest BCUT2D eigenvalue weighted by Crippen LogP contribution is 2.21. The largest absolute Gasteiger partial charge is 0.480 e. The predicted octanol–water partition coefficient (Wildman–Crippen LogP) is 0.765. The Kier molecular flexibility index (Phi) is 3.75. The predicted molar refractivity (Wildman–Crippen MR) is 64.3 cm³/mol. The van der Waals surface area contributed by atoms with E-state index < -0.39 is 12.0 Å². The zero-order valence-corrected chi connectivity index (χ0v) is 10.8. The molecule has 2 saturated heterocycles. The third kappa shape index (κ3) is 2.58. The Morgan fingerprint density at radius 1 is 1.22 bits per heavy atom. The standard InChI is InChI=1S/C12H20N2O4/c1-8-6-13(7-9(2)18-8)12(17)14-5-3-4-10(14)11(15)16/h8-10H,3-7H2,1-2H3,(H,15,16)/t8?,9?,10-/m1/s1. The number of morpholine rings is 1. The second kappa shape index (κ2) is 5.14. The summed E-state index contributed by atoms with van der Waals surface area (Å²) in [6.07, 6.45) is 1.32. The number of urea groups is 1. The SMILES string of the molecule is CC1CN(C(=O)N2CCC[C@@H]2C(=O)O)CC(C)O1. The molecule has 2 unspecified atom stereocenters. The van der Waals surface area contributed by atoms with Crippen molar-refractivity contribution in [3.63, 3.8) is 0 Å². The Hall–Kier alpha value is -1.30. The number of carbonyl (C=O) groups is 2. The number of carboxylic acids is 1. The van der Waals surface area contributed by atoms with Crippen LogP contribution in [0.1, 0.15) is 26.7 Å². The van der Waals surface area contributed by atoms with Gasteiger partial charge in [-0.15, -0.1) is 0 Å². The van der Waals surface area contributed by atoms with Crippen molar-refractivity contribution < 1.29 is 19.4 Å². The van der Waals surface area contributed by atoms with Crippen molar-refractivity contribution in [1.29, 1.82) is 0 Å². The fourth-order valence-corrected chi connectivity index (χ4v) is 2.77. The van der Waals surface area contributed by atoms with E-state index in [4.69, 9.17) is 9.84 Å². The van der Waals surface area contributed by atoms with Crippen molar-refractivity contribution in [2.45, 2.75) is 44.9 Å². The van der Waals surface area contributed by atoms with Gasteiger partial charge in [0.25, 0.3) is 0 Å². The number of rotatable bonds is 1. The van der Waals surface area contributed by atoms with Crippen molar-refractivity contribution in [2.75, 3.05) is 19.6 Å². The van der Waals surface area contributed by atoms with Gasteiger partial charge in [0.2, 0.25) is 0 Å². The molecule has 3 atom stereocenters. The van der Waals surface area contributed by atoms with Crippen molar-refractivity contribution in [3.8, 4) is 0 Å². The number of aliphatic carboxylic acids is 1. The van der Waals surface area contributed by atoms with Crippen LogP contribution < -0.4 is 0 Å². The summed E-state index contributed by atoms with van der Waals surface area (Å²) in [6, 6.07) is -0.826. The first-order valence-electron chi connectivity index (χ1n) is 6.43. The van der Waals surface area contributed by atoms with Gasteiger partial charge in [-0.05, 0) is 26.7 Å². The number of ether oxygens (including phenoxy) is 1. The van der Waals surface area contributed by atoms with Crippen LogP contribution >= 0.6 is 0 Å². The fraction of sp³-hybridized carbons (Fsp3) is 0.833. The summed E-state index contributed by atoms with van der Waals surface area (Å²) >= 11 is 0. The van der Waals surface area contributed by atoms with Gasteiger partial charge < -0.3 is 19.6 Å². The minimum Gasteiger partial charge on any atom is -0.480 e. The molecule has 0 radical (unpaired) electrons. The van der Waals surface area contributed by atoms with E-state index in [0.29, 0.717) is 26.1 Å². The third-order valence-electron chi connectivity index (χ3n) is 3.47. The zero-order chi connectivity index (χ0) is 13.3. The van der Waals surface area contributed by atoms with Gasteiger partial charge in [-0.3, -0.25) is 0 Å². The molecule has 0 aliphatic carbocycles. The first-order valence-corrected chi connectivity index (χ1v) is 6.43. The van der Waals surface area contributed by atoms with E-state index in [2.05, 4.69) is 0 Å². The lowest BCUT2D eigenvalue weighted by Gasteiger charge is -2.38. The summed E-state index contributed by atoms with van der Waals surface area (Å²) in [5.41, 5.74) is 0. The average Bonchev–Trinajstić information content (AvgIpc) is 2.75. The van der Waals surface area contributed by atoms with Gasteiger partial charge in [-0.1, -0.05) is 0 Å². The second-order valence-corrected chi connectivity index (χ2v) is 5.13. The number of amides is 2. The molecule has 6 nitrogen and oxygen atoms in total. The number of likely N-dealkylation sites (tertiary alicyclic amines) is 1. The highest BCUT2D eigenvalue weighted by atomic mass is 16.5. The Labute approximate surface area is 106 Å². The molecular weight excluding hydrogens is 236 g/mol. The molecule has 6 heteroatoms. The molecule has 0 aromatic carbocycles. The van der Waals surface area contributed by atoms with Crippen LogP contribution in [-0.2, 0) is 9.53 Å². The normalized spacial score (nSPS) is 32.7. The van der Waals surface area contributed by atoms with E-state index in [-0.39, 0.29) is 18.2 Å². The molecule has 2 aliphatic rings. The lowest BCUT2D eigenvalue weighted by atomic mass is 10.2. The van der Waals surface area contributed by atoms with Gasteiger partial charge in [-0.2, -0.15) is 0 Å². The molecule has 0 bridgehead atoms. The molecular formula is C12H20N2O4. The van der Waals surface area contributed by atoms with E-state index in [9.17, 15) is 9.59 Å². The van der Waals surface area contributed by atoms with E-state index >= 15 is 0 Å². The quantitative estimate of drug-likeness (QED) is 0.752. The smallest absolute Gasteiger partial charge is 0.326 e. The van der Waals surface area contributed by atoms with E-state index in [1.54, 1.807) is 4.90 Å². The number of carbonyl (C=O) groups excluding carboxylic acids is 1. The first-order chi connectivity index (χ1) is 8.49. The monoisotopic (exact) mass is 256 g/mol. The van der Waals surface area contributed by atoms with Gasteiger partial charge in [0.15, 0.2) is 0 Å². The van der Waals surface area contributed by atoms with Gasteiger partial charge in [-0.25, -0.2) is 9.59 Å². The molecule has 0 spiro atoms. The molecule has 2 heterocycles. The van der Waals surface area contributed by atoms with Crippen LogP contribution in [0.2, 0.25) is 0 Å². The van der Waals surface area contributed by atoms with Crippen molar-refractivity contribution >= 4 is 12.0 Å². The minimum absolute atomic E-state index is 0.00332. The lowest BCUT2D eigenvalue weighted by molar-refractivity contribution is -0.141. The summed E-state index contributed by atoms with van der Waals surface area (Å²) in [7, 11) is 0. The highest BCUT2D eigenvalue weighted by Gasteiger charge is 2.38. The van der Waals surface area contributed by atoms with E-state index in [1.807, 2.05) is 13.8 Å². The van der Waals surface area contributed by atoms with Crippen molar-refractivity contribution in [2.24, 2.45) is 0 Å². The Balaban J connectivity index is 2.04. The van der Waals surface area contributed by atoms with Crippen LogP contribution in [-0.4, -0.2) is 64.8 Å². The molecule has 102 valence electrons. The van der Waals surface area contributed by atoms with Gasteiger partial charge in [0, 0.05) is 19.6 Å². The molecule has 18 heavy (non-hydrogen) atoms. The summed E-state index contributed by atoms with van der Waals surface area (Å²) in [5.74, 6) is -0.907. The Morgan fingerprint density at radius 2 is 1.83 bits per heavy atom. The number of hydrogen-bond acceptors (Lipinski definition) is 3. The summed E-state index contributed by atoms with van der Waals surface area (Å²) < 4.78 is 5.57. The van der Waals surface area contributed by atoms with Crippen LogP contribution in [0.15, 0.2) is 0 Å². The van der Waals surface area contributed by atoms with Gasteiger partial charge in [0.05, 0.1) is 12.2 Å². The third-order valence-corrected chi connectivity index (χ3v) is 3.47. The van der Waals surface area contributed by atoms with E-state index in [0.717, 1.165) is 6.42 Å². The Morgan fingerprint density at radius 3 is 2.39 bits per heavy atom. The summed E-state index contributed by atoms with van der Waals surface area (Å²) in [6.45, 7) is 5.46. The van der Waals surface area contributed by atoms with E-state index in [1.165, 1.54) is 4.90 Å². The van der Waals surface area contributed by atoms with Crippen LogP contribution in [0.25, 0.3) is 0 Å². The summed E-state index contributed by atoms with van der Waals surface area (Å²) in [5, 5.41) is 9.10. The molecule has 0 aromatic heterocycles. The van der Waals surface area contributed by atoms with Crippen molar-refractivity contribution in [1.82, 2.24) is 9.80 Å². The molecule has 2 amide bonds. The van der Waals surface area contributed by atoms with Gasteiger partial charge in [0.1, 0.15) is 6.04 Å². The molecule has 2 aliphatic heterocycles. The van der Waals surface area contributed by atoms with Gasteiger partial charge >= 0.3 is 12.0 Å². The summed E-state index contributed by atoms with van der Waals surface area (Å²) in [4.78, 5) is 26.6. The number of hydrogen-bond donors (Lipinski definition) is 1. The second-order valence-electron chi connectivity index (χ2n) is 5.13. The maximum atomic E-state index is 12.3.